The molecule has 2 rings (SSSR count). The number of carbonyl (C=O) groups is 3. The minimum Gasteiger partial charge on any atom is -0.467 e. The van der Waals surface area contributed by atoms with Crippen LogP contribution < -0.4 is 0 Å². The summed E-state index contributed by atoms with van der Waals surface area (Å²) in [6.45, 7) is 9.25. The zero-order valence-corrected chi connectivity index (χ0v) is 17.3. The topological polar surface area (TPSA) is 92.6 Å². The van der Waals surface area contributed by atoms with Crippen molar-refractivity contribution in [3.05, 3.63) is 46.7 Å². The first-order valence-electron chi connectivity index (χ1n) is 9.30. The Morgan fingerprint density at radius 1 is 1.21 bits per heavy atom. The van der Waals surface area contributed by atoms with Crippen LogP contribution in [0.1, 0.15) is 65.1 Å². The van der Waals surface area contributed by atoms with Gasteiger partial charge >= 0.3 is 5.97 Å². The number of furan rings is 1. The minimum atomic E-state index is -0.713. The van der Waals surface area contributed by atoms with Crippen LogP contribution in [-0.2, 0) is 16.1 Å². The van der Waals surface area contributed by atoms with Gasteiger partial charge in [-0.3, -0.25) is 9.59 Å². The molecule has 0 fully saturated rings. The number of hydrogen-bond donors (Lipinski definition) is 1. The highest BCUT2D eigenvalue weighted by atomic mass is 16.5. The summed E-state index contributed by atoms with van der Waals surface area (Å²) in [7, 11) is 1.29. The van der Waals surface area contributed by atoms with E-state index in [-0.39, 0.29) is 29.8 Å². The number of H-pyrrole nitrogens is 1. The molecular formula is C21H28N2O5. The largest absolute Gasteiger partial charge is 0.467 e. The van der Waals surface area contributed by atoms with Gasteiger partial charge in [-0.1, -0.05) is 13.8 Å². The average molecular weight is 388 g/mol. The van der Waals surface area contributed by atoms with E-state index < -0.39 is 12.0 Å². The Labute approximate surface area is 165 Å². The van der Waals surface area contributed by atoms with Gasteiger partial charge in [-0.25, -0.2) is 4.79 Å². The molecule has 0 aliphatic carbocycles. The van der Waals surface area contributed by atoms with E-state index in [4.69, 9.17) is 9.15 Å². The third-order valence-corrected chi connectivity index (χ3v) is 4.73. The summed E-state index contributed by atoms with van der Waals surface area (Å²) in [5.74, 6) is -0.114. The Hall–Kier alpha value is -2.83. The molecule has 1 amide bonds. The Kier molecular flexibility index (Phi) is 6.83. The van der Waals surface area contributed by atoms with Gasteiger partial charge in [-0.15, -0.1) is 0 Å². The van der Waals surface area contributed by atoms with E-state index in [1.54, 1.807) is 32.9 Å². The van der Waals surface area contributed by atoms with Crippen molar-refractivity contribution in [1.29, 1.82) is 0 Å². The summed E-state index contributed by atoms with van der Waals surface area (Å²) in [4.78, 5) is 42.5. The number of ketones is 1. The number of carbonyl (C=O) groups excluding carboxylic acids is 3. The Balaban J connectivity index is 2.36. The van der Waals surface area contributed by atoms with E-state index in [9.17, 15) is 14.4 Å². The number of hydrogen-bond acceptors (Lipinski definition) is 5. The lowest BCUT2D eigenvalue weighted by Crippen LogP contribution is -2.43. The normalized spacial score (nSPS) is 12.1. The quantitative estimate of drug-likeness (QED) is 0.550. The maximum Gasteiger partial charge on any atom is 0.354 e. The number of ether oxygens (including phenoxy) is 1. The molecule has 0 saturated carbocycles. The summed E-state index contributed by atoms with van der Waals surface area (Å²) in [6, 6.07) is 2.81. The van der Waals surface area contributed by atoms with Crippen LogP contribution in [0.25, 0.3) is 0 Å². The molecule has 0 aromatic carbocycles. The molecule has 152 valence electrons. The molecule has 7 nitrogen and oxygen atoms in total. The molecule has 0 bridgehead atoms. The number of aryl methyl sites for hydroxylation is 1. The van der Waals surface area contributed by atoms with Crippen molar-refractivity contribution in [3.8, 4) is 0 Å². The molecule has 0 unspecified atom stereocenters. The third-order valence-electron chi connectivity index (χ3n) is 4.73. The van der Waals surface area contributed by atoms with Crippen LogP contribution in [0.3, 0.4) is 0 Å². The van der Waals surface area contributed by atoms with Gasteiger partial charge < -0.3 is 19.0 Å². The summed E-state index contributed by atoms with van der Waals surface area (Å²) < 4.78 is 10.1. The van der Waals surface area contributed by atoms with Crippen molar-refractivity contribution < 1.29 is 23.5 Å². The molecule has 0 aliphatic heterocycles. The summed E-state index contributed by atoms with van der Waals surface area (Å²) >= 11 is 0. The van der Waals surface area contributed by atoms with Crippen molar-refractivity contribution in [1.82, 2.24) is 9.88 Å². The van der Waals surface area contributed by atoms with E-state index in [0.717, 1.165) is 0 Å². The number of rotatable bonds is 8. The lowest BCUT2D eigenvalue weighted by Gasteiger charge is -2.28. The molecule has 0 aliphatic rings. The number of aromatic nitrogens is 1. The van der Waals surface area contributed by atoms with Crippen LogP contribution in [0.2, 0.25) is 0 Å². The van der Waals surface area contributed by atoms with Crippen molar-refractivity contribution in [2.45, 2.75) is 53.6 Å². The Morgan fingerprint density at radius 3 is 2.43 bits per heavy atom. The standard InChI is InChI=1S/C21H28N2O5/c1-12(2)10-17(24)23(11-16-8-7-9-28-16)15(5)20(25)18-13(3)19(21(26)27-6)22-14(18)4/h7-9,12,15,22H,10-11H2,1-6H3/t15-/m1/s1. The fourth-order valence-electron chi connectivity index (χ4n) is 3.25. The second-order valence-electron chi connectivity index (χ2n) is 7.36. The van der Waals surface area contributed by atoms with Gasteiger partial charge in [0.25, 0.3) is 0 Å². The Morgan fingerprint density at radius 2 is 1.89 bits per heavy atom. The first-order valence-corrected chi connectivity index (χ1v) is 9.30. The number of amides is 1. The molecule has 7 heteroatoms. The monoisotopic (exact) mass is 388 g/mol. The van der Waals surface area contributed by atoms with Gasteiger partial charge in [0.2, 0.25) is 5.91 Å². The van der Waals surface area contributed by atoms with Gasteiger partial charge in [0.1, 0.15) is 11.5 Å². The van der Waals surface area contributed by atoms with Crippen molar-refractivity contribution >= 4 is 17.7 Å². The number of methoxy groups -OCH3 is 1. The van der Waals surface area contributed by atoms with Crippen LogP contribution in [0, 0.1) is 19.8 Å². The molecule has 2 aromatic heterocycles. The first-order chi connectivity index (χ1) is 13.2. The number of nitrogens with zero attached hydrogens (tertiary/aromatic N) is 1. The predicted octanol–water partition coefficient (Wildman–Crippen LogP) is 3.66. The van der Waals surface area contributed by atoms with Gasteiger partial charge in [0, 0.05) is 17.7 Å². The van der Waals surface area contributed by atoms with Crippen molar-refractivity contribution in [2.24, 2.45) is 5.92 Å². The van der Waals surface area contributed by atoms with Gasteiger partial charge in [-0.05, 0) is 44.4 Å². The second-order valence-corrected chi connectivity index (χ2v) is 7.36. The van der Waals surface area contributed by atoms with Gasteiger partial charge in [0.15, 0.2) is 5.78 Å². The van der Waals surface area contributed by atoms with Crippen LogP contribution in [0.4, 0.5) is 0 Å². The van der Waals surface area contributed by atoms with Crippen LogP contribution >= 0.6 is 0 Å². The number of aromatic amines is 1. The molecule has 0 radical (unpaired) electrons. The van der Waals surface area contributed by atoms with Crippen molar-refractivity contribution in [3.63, 3.8) is 0 Å². The molecule has 1 N–H and O–H groups in total. The van der Waals surface area contributed by atoms with E-state index in [0.29, 0.717) is 29.0 Å². The number of esters is 1. The third kappa shape index (κ3) is 4.52. The molecule has 2 heterocycles. The van der Waals surface area contributed by atoms with Crippen LogP contribution in [0.5, 0.6) is 0 Å². The lowest BCUT2D eigenvalue weighted by molar-refractivity contribution is -0.134. The number of Topliss-reactive ketones (excluding diaryl/α,β-unsaturated/α-hetero) is 1. The molecule has 28 heavy (non-hydrogen) atoms. The van der Waals surface area contributed by atoms with Crippen LogP contribution in [0.15, 0.2) is 22.8 Å². The zero-order chi connectivity index (χ0) is 21.0. The summed E-state index contributed by atoms with van der Waals surface area (Å²) in [6.07, 6.45) is 1.87. The SMILES string of the molecule is COC(=O)c1[nH]c(C)c(C(=O)[C@@H](C)N(Cc2ccco2)C(=O)CC(C)C)c1C. The first kappa shape index (κ1) is 21.5. The molecule has 1 atom stereocenters. The highest BCUT2D eigenvalue weighted by Gasteiger charge is 2.31. The molecule has 0 saturated heterocycles. The molecule has 2 aromatic rings. The fourth-order valence-corrected chi connectivity index (χ4v) is 3.25. The maximum atomic E-state index is 13.3. The summed E-state index contributed by atoms with van der Waals surface area (Å²) in [5, 5.41) is 0. The fraction of sp³-hybridized carbons (Fsp3) is 0.476. The predicted molar refractivity (Wildman–Crippen MR) is 104 cm³/mol. The smallest absolute Gasteiger partial charge is 0.354 e. The van der Waals surface area contributed by atoms with Gasteiger partial charge in [0.05, 0.1) is 26.0 Å². The Bertz CT molecular complexity index is 849. The summed E-state index contributed by atoms with van der Waals surface area (Å²) in [5.41, 5.74) is 1.76. The number of nitrogens with one attached hydrogen (secondary N) is 1. The highest BCUT2D eigenvalue weighted by Crippen LogP contribution is 2.23. The van der Waals surface area contributed by atoms with E-state index >= 15 is 0 Å². The van der Waals surface area contributed by atoms with Gasteiger partial charge in [-0.2, -0.15) is 0 Å². The second kappa shape index (κ2) is 8.91. The lowest BCUT2D eigenvalue weighted by atomic mass is 9.99. The minimum absolute atomic E-state index is 0.119. The van der Waals surface area contributed by atoms with E-state index in [2.05, 4.69) is 4.98 Å². The molecule has 0 spiro atoms. The zero-order valence-electron chi connectivity index (χ0n) is 17.3. The van der Waals surface area contributed by atoms with Crippen LogP contribution in [-0.4, -0.2) is 40.7 Å². The highest BCUT2D eigenvalue weighted by molar-refractivity contribution is 6.06. The molecular weight excluding hydrogens is 360 g/mol. The van der Waals surface area contributed by atoms with Crippen molar-refractivity contribution in [2.75, 3.05) is 7.11 Å². The van der Waals surface area contributed by atoms with E-state index in [1.165, 1.54) is 18.3 Å². The average Bonchev–Trinajstić information content (AvgIpc) is 3.25. The van der Waals surface area contributed by atoms with E-state index in [1.807, 2.05) is 13.8 Å². The maximum absolute atomic E-state index is 13.3.